The van der Waals surface area contributed by atoms with Crippen LogP contribution in [0.1, 0.15) is 39.3 Å². The molecule has 17 heavy (non-hydrogen) atoms. The quantitative estimate of drug-likeness (QED) is 0.856. The molecule has 0 bridgehead atoms. The van der Waals surface area contributed by atoms with Gasteiger partial charge >= 0.3 is 0 Å². The molecule has 0 radical (unpaired) electrons. The van der Waals surface area contributed by atoms with Gasteiger partial charge in [0.15, 0.2) is 0 Å². The molecule has 0 spiro atoms. The first-order valence-corrected chi connectivity index (χ1v) is 6.28. The molecular formula is C14H19ClN2. The first-order valence-electron chi connectivity index (χ1n) is 5.91. The lowest BCUT2D eigenvalue weighted by atomic mass is 9.95. The Labute approximate surface area is 107 Å². The van der Waals surface area contributed by atoms with Gasteiger partial charge in [-0.3, -0.25) is 0 Å². The van der Waals surface area contributed by atoms with Crippen molar-refractivity contribution in [2.45, 2.75) is 39.3 Å². The lowest BCUT2D eigenvalue weighted by molar-refractivity contribution is 0.549. The van der Waals surface area contributed by atoms with E-state index in [9.17, 15) is 0 Å². The molecule has 1 aromatic carbocycles. The Hall–Kier alpha value is -0.990. The minimum atomic E-state index is -0.386. The molecule has 2 nitrogen and oxygen atoms in total. The third-order valence-electron chi connectivity index (χ3n) is 3.06. The van der Waals surface area contributed by atoms with E-state index in [4.69, 9.17) is 17.3 Å². The Kier molecular flexibility index (Phi) is 2.96. The van der Waals surface area contributed by atoms with Gasteiger partial charge < -0.3 is 10.3 Å². The number of aromatic nitrogens is 1. The molecule has 0 unspecified atom stereocenters. The largest absolute Gasteiger partial charge is 0.345 e. The fourth-order valence-corrected chi connectivity index (χ4v) is 2.45. The minimum Gasteiger partial charge on any atom is -0.345 e. The van der Waals surface area contributed by atoms with Crippen LogP contribution >= 0.6 is 11.6 Å². The number of halogens is 1. The summed E-state index contributed by atoms with van der Waals surface area (Å²) in [5.41, 5.74) is 8.10. The maximum absolute atomic E-state index is 6.32. The molecule has 0 saturated carbocycles. The lowest BCUT2D eigenvalue weighted by Gasteiger charge is -2.18. The normalized spacial score (nSPS) is 12.6. The fourth-order valence-electron chi connectivity index (χ4n) is 2.18. The van der Waals surface area contributed by atoms with Crippen molar-refractivity contribution in [2.24, 2.45) is 5.73 Å². The van der Waals surface area contributed by atoms with E-state index in [1.807, 2.05) is 26.0 Å². The van der Waals surface area contributed by atoms with E-state index in [0.29, 0.717) is 6.04 Å². The lowest BCUT2D eigenvalue weighted by Crippen LogP contribution is -2.28. The van der Waals surface area contributed by atoms with E-state index in [0.717, 1.165) is 21.5 Å². The minimum absolute atomic E-state index is 0.386. The van der Waals surface area contributed by atoms with Crippen molar-refractivity contribution in [3.63, 3.8) is 0 Å². The third kappa shape index (κ3) is 2.07. The van der Waals surface area contributed by atoms with Crippen LogP contribution in [0.4, 0.5) is 0 Å². The molecule has 3 heteroatoms. The highest BCUT2D eigenvalue weighted by Crippen LogP contribution is 2.35. The molecule has 0 fully saturated rings. The van der Waals surface area contributed by atoms with E-state index in [1.54, 1.807) is 0 Å². The van der Waals surface area contributed by atoms with Gasteiger partial charge in [-0.2, -0.15) is 0 Å². The summed E-state index contributed by atoms with van der Waals surface area (Å²) in [5.74, 6) is 0. The second kappa shape index (κ2) is 4.04. The monoisotopic (exact) mass is 250 g/mol. The van der Waals surface area contributed by atoms with E-state index >= 15 is 0 Å². The highest BCUT2D eigenvalue weighted by Gasteiger charge is 2.22. The molecule has 0 amide bonds. The molecular weight excluding hydrogens is 232 g/mol. The van der Waals surface area contributed by atoms with Crippen LogP contribution in [0.15, 0.2) is 24.4 Å². The van der Waals surface area contributed by atoms with Crippen LogP contribution in [0.3, 0.4) is 0 Å². The Morgan fingerprint density at radius 3 is 2.47 bits per heavy atom. The average molecular weight is 251 g/mol. The summed E-state index contributed by atoms with van der Waals surface area (Å²) in [6.45, 7) is 8.34. The van der Waals surface area contributed by atoms with Crippen molar-refractivity contribution in [3.8, 4) is 0 Å². The predicted molar refractivity (Wildman–Crippen MR) is 74.5 cm³/mol. The van der Waals surface area contributed by atoms with E-state index in [1.165, 1.54) is 0 Å². The molecule has 2 aromatic rings. The number of benzene rings is 1. The maximum Gasteiger partial charge on any atom is 0.0503 e. The number of nitrogens with two attached hydrogens (primary N) is 1. The summed E-state index contributed by atoms with van der Waals surface area (Å²) in [4.78, 5) is 0. The number of rotatable bonds is 2. The molecule has 0 atom stereocenters. The van der Waals surface area contributed by atoms with Crippen LogP contribution in [0, 0.1) is 0 Å². The zero-order chi connectivity index (χ0) is 12.8. The van der Waals surface area contributed by atoms with Gasteiger partial charge in [0.05, 0.1) is 10.5 Å². The van der Waals surface area contributed by atoms with Crippen LogP contribution in [-0.2, 0) is 5.54 Å². The van der Waals surface area contributed by atoms with Crippen LogP contribution in [0.25, 0.3) is 10.9 Å². The van der Waals surface area contributed by atoms with Crippen molar-refractivity contribution >= 4 is 22.5 Å². The van der Waals surface area contributed by atoms with E-state index < -0.39 is 0 Å². The zero-order valence-electron chi connectivity index (χ0n) is 10.8. The van der Waals surface area contributed by atoms with Crippen LogP contribution in [-0.4, -0.2) is 4.57 Å². The van der Waals surface area contributed by atoms with Gasteiger partial charge in [0.2, 0.25) is 0 Å². The number of hydrogen-bond donors (Lipinski definition) is 1. The van der Waals surface area contributed by atoms with Crippen molar-refractivity contribution in [2.75, 3.05) is 0 Å². The predicted octanol–water partition coefficient (Wildman–Crippen LogP) is 4.07. The molecule has 0 aliphatic carbocycles. The van der Waals surface area contributed by atoms with Crippen molar-refractivity contribution in [1.82, 2.24) is 4.57 Å². The molecule has 92 valence electrons. The number of nitrogens with zero attached hydrogens (tertiary/aromatic N) is 1. The van der Waals surface area contributed by atoms with Gasteiger partial charge in [0.25, 0.3) is 0 Å². The van der Waals surface area contributed by atoms with Crippen LogP contribution < -0.4 is 5.73 Å². The standard InChI is InChI=1S/C14H19ClN2/c1-9(2)17-8-10(14(3,4)16)13-11(15)6-5-7-12(13)17/h5-9H,16H2,1-4H3. The molecule has 2 N–H and O–H groups in total. The smallest absolute Gasteiger partial charge is 0.0503 e. The second-order valence-electron chi connectivity index (χ2n) is 5.40. The summed E-state index contributed by atoms with van der Waals surface area (Å²) in [7, 11) is 0. The second-order valence-corrected chi connectivity index (χ2v) is 5.81. The SMILES string of the molecule is CC(C)n1cc(C(C)(C)N)c2c(Cl)cccc21. The van der Waals surface area contributed by atoms with Gasteiger partial charge in [-0.1, -0.05) is 17.7 Å². The average Bonchev–Trinajstić information content (AvgIpc) is 2.57. The summed E-state index contributed by atoms with van der Waals surface area (Å²) < 4.78 is 2.23. The first kappa shape index (κ1) is 12.5. The van der Waals surface area contributed by atoms with Gasteiger partial charge in [0, 0.05) is 23.2 Å². The number of hydrogen-bond acceptors (Lipinski definition) is 1. The maximum atomic E-state index is 6.32. The van der Waals surface area contributed by atoms with Gasteiger partial charge in [-0.15, -0.1) is 0 Å². The zero-order valence-corrected chi connectivity index (χ0v) is 11.5. The fraction of sp³-hybridized carbons (Fsp3) is 0.429. The first-order chi connectivity index (χ1) is 7.82. The Morgan fingerprint density at radius 1 is 1.29 bits per heavy atom. The summed E-state index contributed by atoms with van der Waals surface area (Å²) in [6.07, 6.45) is 2.13. The molecule has 0 saturated heterocycles. The van der Waals surface area contributed by atoms with Crippen molar-refractivity contribution < 1.29 is 0 Å². The Morgan fingerprint density at radius 2 is 1.94 bits per heavy atom. The summed E-state index contributed by atoms with van der Waals surface area (Å²) in [6, 6.07) is 6.39. The van der Waals surface area contributed by atoms with Gasteiger partial charge in [-0.25, -0.2) is 0 Å². The molecule has 0 aliphatic rings. The topological polar surface area (TPSA) is 30.9 Å². The molecule has 1 heterocycles. The van der Waals surface area contributed by atoms with E-state index in [2.05, 4.69) is 30.7 Å². The number of fused-ring (bicyclic) bond motifs is 1. The van der Waals surface area contributed by atoms with Crippen LogP contribution in [0.5, 0.6) is 0 Å². The highest BCUT2D eigenvalue weighted by atomic mass is 35.5. The van der Waals surface area contributed by atoms with Crippen LogP contribution in [0.2, 0.25) is 5.02 Å². The van der Waals surface area contributed by atoms with Gasteiger partial charge in [0.1, 0.15) is 0 Å². The molecule has 0 aliphatic heterocycles. The third-order valence-corrected chi connectivity index (χ3v) is 3.37. The van der Waals surface area contributed by atoms with Crippen molar-refractivity contribution in [3.05, 3.63) is 35.0 Å². The summed E-state index contributed by atoms with van der Waals surface area (Å²) in [5, 5.41) is 1.85. The van der Waals surface area contributed by atoms with E-state index in [-0.39, 0.29) is 5.54 Å². The van der Waals surface area contributed by atoms with Gasteiger partial charge in [-0.05, 0) is 45.4 Å². The Balaban J connectivity index is 2.86. The molecule has 1 aromatic heterocycles. The highest BCUT2D eigenvalue weighted by molar-refractivity contribution is 6.35. The molecule has 2 rings (SSSR count). The van der Waals surface area contributed by atoms with Crippen molar-refractivity contribution in [1.29, 1.82) is 0 Å². The summed E-state index contributed by atoms with van der Waals surface area (Å²) >= 11 is 6.32. The Bertz CT molecular complexity index is 547.